The first-order valence-corrected chi connectivity index (χ1v) is 22.2. The minimum absolute atomic E-state index is 0.0896. The van der Waals surface area contributed by atoms with Crippen LogP contribution in [0.3, 0.4) is 0 Å². The molecule has 0 aliphatic heterocycles. The zero-order valence-corrected chi connectivity index (χ0v) is 37.4. The van der Waals surface area contributed by atoms with Crippen molar-refractivity contribution in [3.05, 3.63) is 108 Å². The molecule has 1 aliphatic rings. The summed E-state index contributed by atoms with van der Waals surface area (Å²) in [5.74, 6) is -3.83. The van der Waals surface area contributed by atoms with Gasteiger partial charge >= 0.3 is 24.0 Å². The van der Waals surface area contributed by atoms with E-state index in [1.165, 1.54) is 41.9 Å². The number of fused-ring (bicyclic) bond motifs is 1. The van der Waals surface area contributed by atoms with E-state index in [9.17, 15) is 39.3 Å². The molecule has 0 radical (unpaired) electrons. The molecule has 5 aromatic rings. The number of amides is 1. The number of aliphatic hydroxyl groups is 4. The number of hydrogen-bond acceptors (Lipinski definition) is 17. The van der Waals surface area contributed by atoms with Crippen LogP contribution >= 0.6 is 34.3 Å². The van der Waals surface area contributed by atoms with Gasteiger partial charge in [-0.2, -0.15) is 0 Å². The number of carboxylic acids is 2. The predicted octanol–water partition coefficient (Wildman–Crippen LogP) is 3.99. The van der Waals surface area contributed by atoms with Crippen LogP contribution in [0.2, 0.25) is 5.02 Å². The number of aromatic amines is 1. The number of aromatic nitrogens is 1. The number of carboxylic acid groups (broad SMARTS) is 2. The Bertz CT molecular complexity index is 2410. The summed E-state index contributed by atoms with van der Waals surface area (Å²) in [6.07, 6.45) is -3.60. The number of aliphatic hydroxyl groups excluding tert-OH is 3. The second-order valence-electron chi connectivity index (χ2n) is 14.9. The summed E-state index contributed by atoms with van der Waals surface area (Å²) in [6, 6.07) is 16.5. The first-order valence-electron chi connectivity index (χ1n) is 20.0. The molecule has 1 saturated carbocycles. The smallest absolute Gasteiger partial charge is 0.411 e. The van der Waals surface area contributed by atoms with Crippen molar-refractivity contribution in [3.8, 4) is 11.5 Å². The third-order valence-electron chi connectivity index (χ3n) is 10.6. The van der Waals surface area contributed by atoms with Crippen LogP contribution in [0.5, 0.6) is 11.5 Å². The van der Waals surface area contributed by atoms with E-state index in [1.807, 2.05) is 17.8 Å². The van der Waals surface area contributed by atoms with Crippen LogP contribution in [0.15, 0.2) is 76.2 Å². The van der Waals surface area contributed by atoms with Gasteiger partial charge in [-0.25, -0.2) is 19.2 Å². The number of phenols is 1. The number of ether oxygens (including phenoxy) is 3. The van der Waals surface area contributed by atoms with E-state index in [0.717, 1.165) is 12.8 Å². The van der Waals surface area contributed by atoms with Crippen LogP contribution in [-0.4, -0.2) is 128 Å². The summed E-state index contributed by atoms with van der Waals surface area (Å²) in [7, 11) is 3.46. The third-order valence-corrected chi connectivity index (χ3v) is 12.9. The fourth-order valence-electron chi connectivity index (χ4n) is 7.03. The Morgan fingerprint density at radius 3 is 2.14 bits per heavy atom. The number of hydrogen-bond donors (Lipinski definition) is 10. The summed E-state index contributed by atoms with van der Waals surface area (Å²) >= 11 is 9.16. The van der Waals surface area contributed by atoms with Crippen LogP contribution in [0.1, 0.15) is 52.7 Å². The van der Waals surface area contributed by atoms with Gasteiger partial charge in [0.15, 0.2) is 12.2 Å². The van der Waals surface area contributed by atoms with Gasteiger partial charge in [0.25, 0.3) is 0 Å². The second kappa shape index (κ2) is 23.0. The van der Waals surface area contributed by atoms with E-state index in [4.69, 9.17) is 46.2 Å². The van der Waals surface area contributed by atoms with Crippen molar-refractivity contribution < 1.29 is 69.1 Å². The molecule has 350 valence electrons. The lowest BCUT2D eigenvalue weighted by molar-refractivity contribution is -0.169. The number of benzene rings is 2. The van der Waals surface area contributed by atoms with Crippen molar-refractivity contribution in [2.24, 2.45) is 0 Å². The molecule has 10 N–H and O–H groups in total. The number of rotatable bonds is 18. The summed E-state index contributed by atoms with van der Waals surface area (Å²) < 4.78 is 16.9. The maximum atomic E-state index is 13.3. The van der Waals surface area contributed by atoms with E-state index in [0.29, 0.717) is 57.1 Å². The topological polar surface area (TPSA) is 298 Å². The van der Waals surface area contributed by atoms with Crippen molar-refractivity contribution in [1.29, 1.82) is 0 Å². The van der Waals surface area contributed by atoms with Crippen LogP contribution in [0, 0.1) is 0 Å². The van der Waals surface area contributed by atoms with E-state index in [-0.39, 0.29) is 53.7 Å². The number of aromatic hydroxyl groups is 1. The van der Waals surface area contributed by atoms with Crippen molar-refractivity contribution in [2.45, 2.75) is 68.3 Å². The number of likely N-dealkylation sites (N-methyl/N-ethyl adjacent to an activating group) is 1. The first-order chi connectivity index (χ1) is 30.9. The Balaban J connectivity index is 0.000000709. The maximum Gasteiger partial charge on any atom is 0.411 e. The van der Waals surface area contributed by atoms with Gasteiger partial charge in [0.2, 0.25) is 11.2 Å². The van der Waals surface area contributed by atoms with E-state index in [2.05, 4.69) is 20.5 Å². The quantitative estimate of drug-likeness (QED) is 0.0556. The SMILES string of the molecule is COc1cc(NC(=O)OCCN(C)C2CCC(OC(=O)C(O)(c3cccs3)c3cccs3)CC2)c(Cl)cc1CNC[C@H](O)c1ccc(O)c2[nH]c(=O)ccc12.O=C(O)[C@H](O)[C@@H](O)C(=O)O. The standard InChI is InChI=1S/C39H43ClN4O9S2.C4H6O6/c1-44(24-7-9-25(10-8-24)53-37(48)39(50,33-5-3-17-54-33)34-6-4-18-55-34)15-16-52-38(49)42-29-20-32(51-2)23(19-28(29)40)21-41-22-31(46)26-11-13-30(45)36-27(26)12-14-35(47)43-36;5-1(3(7)8)2(6)4(9)10/h3-6,11-14,17-20,24-25,31,41,45-46,50H,7-10,15-16,21-22H2,1-2H3,(H,42,49)(H,43,47);1-2,5-6H,(H,7,8)(H,9,10)/t24?,25?,31-;1-,2-/m01/s1. The molecule has 0 unspecified atom stereocenters. The largest absolute Gasteiger partial charge is 0.506 e. The Kier molecular flexibility index (Phi) is 17.8. The average Bonchev–Trinajstić information content (AvgIpc) is 4.04. The maximum absolute atomic E-state index is 13.3. The van der Waals surface area contributed by atoms with Crippen LogP contribution < -0.4 is 20.9 Å². The lowest BCUT2D eigenvalue weighted by Crippen LogP contribution is -2.42. The zero-order valence-electron chi connectivity index (χ0n) is 35.0. The minimum Gasteiger partial charge on any atom is -0.506 e. The number of carbonyl (C=O) groups excluding carboxylic acids is 2. The first kappa shape index (κ1) is 50.4. The highest BCUT2D eigenvalue weighted by Crippen LogP contribution is 2.38. The van der Waals surface area contributed by atoms with Gasteiger partial charge in [0.05, 0.1) is 39.2 Å². The molecule has 6 rings (SSSR count). The fraction of sp³-hybridized carbons (Fsp3) is 0.372. The van der Waals surface area contributed by atoms with Crippen LogP contribution in [-0.2, 0) is 36.0 Å². The van der Waals surface area contributed by atoms with Crippen molar-refractivity contribution >= 4 is 74.9 Å². The normalized spacial score (nSPS) is 16.4. The zero-order chi connectivity index (χ0) is 47.4. The van der Waals surface area contributed by atoms with Gasteiger partial charge in [-0.05, 0) is 79.4 Å². The van der Waals surface area contributed by atoms with Crippen molar-refractivity contribution in [3.63, 3.8) is 0 Å². The highest BCUT2D eigenvalue weighted by Gasteiger charge is 2.45. The molecule has 2 aromatic carbocycles. The number of pyridine rings is 1. The highest BCUT2D eigenvalue weighted by atomic mass is 35.5. The Morgan fingerprint density at radius 1 is 0.938 bits per heavy atom. The summed E-state index contributed by atoms with van der Waals surface area (Å²) in [6.45, 7) is 1.05. The van der Waals surface area contributed by atoms with Gasteiger partial charge in [0.1, 0.15) is 24.2 Å². The van der Waals surface area contributed by atoms with Crippen molar-refractivity contribution in [1.82, 2.24) is 15.2 Å². The molecular weight excluding hydrogens is 912 g/mol. The molecule has 0 saturated heterocycles. The molecule has 1 fully saturated rings. The monoisotopic (exact) mass is 960 g/mol. The molecule has 65 heavy (non-hydrogen) atoms. The van der Waals surface area contributed by atoms with E-state index >= 15 is 0 Å². The molecule has 22 heteroatoms. The number of phenolic OH excluding ortho intramolecular Hbond substituents is 1. The van der Waals surface area contributed by atoms with E-state index in [1.54, 1.807) is 48.5 Å². The number of carbonyl (C=O) groups is 4. The minimum atomic E-state index is -2.27. The van der Waals surface area contributed by atoms with Gasteiger partial charge < -0.3 is 65.2 Å². The van der Waals surface area contributed by atoms with Gasteiger partial charge in [-0.1, -0.05) is 29.8 Å². The van der Waals surface area contributed by atoms with Gasteiger partial charge in [0, 0.05) is 48.8 Å². The molecule has 3 atom stereocenters. The molecule has 1 amide bonds. The lowest BCUT2D eigenvalue weighted by Gasteiger charge is -2.35. The molecule has 1 aliphatic carbocycles. The number of nitrogens with one attached hydrogen (secondary N) is 3. The van der Waals surface area contributed by atoms with Gasteiger partial charge in [-0.15, -0.1) is 22.7 Å². The number of H-pyrrole nitrogens is 1. The summed E-state index contributed by atoms with van der Waals surface area (Å²) in [5.41, 5.74) is -0.411. The third kappa shape index (κ3) is 12.8. The highest BCUT2D eigenvalue weighted by molar-refractivity contribution is 7.12. The summed E-state index contributed by atoms with van der Waals surface area (Å²) in [5, 5.41) is 75.4. The number of aliphatic carboxylic acids is 2. The Labute approximate surface area is 384 Å². The Hall–Kier alpha value is -5.62. The second-order valence-corrected chi connectivity index (χ2v) is 17.2. The molecule has 3 heterocycles. The predicted molar refractivity (Wildman–Crippen MR) is 240 cm³/mol. The average molecular weight is 961 g/mol. The molecular formula is C43H49ClN4O15S2. The molecule has 19 nitrogen and oxygen atoms in total. The van der Waals surface area contributed by atoms with Gasteiger partial charge in [-0.3, -0.25) is 10.1 Å². The molecule has 0 bridgehead atoms. The Morgan fingerprint density at radius 2 is 1.57 bits per heavy atom. The number of anilines is 1. The number of halogens is 1. The molecule has 0 spiro atoms. The van der Waals surface area contributed by atoms with E-state index < -0.39 is 47.9 Å². The number of methoxy groups -OCH3 is 1. The number of nitrogens with zero attached hydrogens (tertiary/aromatic N) is 1. The lowest BCUT2D eigenvalue weighted by atomic mass is 9.91. The number of esters is 1. The van der Waals surface area contributed by atoms with Crippen molar-refractivity contribution in [2.75, 3.05) is 39.2 Å². The van der Waals surface area contributed by atoms with Crippen LogP contribution in [0.25, 0.3) is 10.9 Å². The molecule has 3 aromatic heterocycles. The summed E-state index contributed by atoms with van der Waals surface area (Å²) in [4.78, 5) is 63.1. The fourth-order valence-corrected chi connectivity index (χ4v) is 8.98. The van der Waals surface area contributed by atoms with Crippen LogP contribution in [0.4, 0.5) is 10.5 Å². The number of thiophene rings is 2.